The number of hydrogen-bond acceptors (Lipinski definition) is 4. The highest BCUT2D eigenvalue weighted by Gasteiger charge is 2.33. The monoisotopic (exact) mass is 559 g/mol. The van der Waals surface area contributed by atoms with Gasteiger partial charge in [0.25, 0.3) is 10.0 Å². The molecule has 38 heavy (non-hydrogen) atoms. The first-order valence-corrected chi connectivity index (χ1v) is 13.9. The molecule has 0 aromatic heterocycles. The van der Waals surface area contributed by atoms with E-state index in [-0.39, 0.29) is 23.2 Å². The number of carbonyl (C=O) groups is 2. The van der Waals surface area contributed by atoms with E-state index >= 15 is 0 Å². The van der Waals surface area contributed by atoms with Crippen LogP contribution >= 0.6 is 11.6 Å². The molecule has 0 saturated heterocycles. The molecule has 0 aliphatic heterocycles. The van der Waals surface area contributed by atoms with Crippen LogP contribution in [0, 0.1) is 12.7 Å². The second-order valence-corrected chi connectivity index (χ2v) is 11.6. The molecular weight excluding hydrogens is 529 g/mol. The van der Waals surface area contributed by atoms with Crippen molar-refractivity contribution < 1.29 is 22.4 Å². The average Bonchev–Trinajstić information content (AvgIpc) is 2.85. The molecule has 0 aliphatic carbocycles. The highest BCUT2D eigenvalue weighted by atomic mass is 35.5. The third-order valence-corrected chi connectivity index (χ3v) is 7.86. The van der Waals surface area contributed by atoms with Crippen molar-refractivity contribution >= 4 is 39.1 Å². The molecule has 2 amide bonds. The van der Waals surface area contributed by atoms with E-state index in [1.54, 1.807) is 57.2 Å². The first-order chi connectivity index (χ1) is 17.9. The number of nitrogens with zero attached hydrogens (tertiary/aromatic N) is 2. The molecule has 3 aromatic carbocycles. The SMILES string of the molecule is Cc1ccc(S(=O)(=O)N(CC(=O)N(Cc2cccc(Cl)c2)[C@@H](C)C(=O)NC(C)C)c2ccccc2F)cc1. The van der Waals surface area contributed by atoms with Gasteiger partial charge in [-0.05, 0) is 69.7 Å². The molecule has 1 N–H and O–H groups in total. The summed E-state index contributed by atoms with van der Waals surface area (Å²) in [5.41, 5.74) is 1.22. The fourth-order valence-corrected chi connectivity index (χ4v) is 5.46. The summed E-state index contributed by atoms with van der Waals surface area (Å²) in [6.07, 6.45) is 0. The largest absolute Gasteiger partial charge is 0.352 e. The lowest BCUT2D eigenvalue weighted by Gasteiger charge is -2.32. The minimum absolute atomic E-state index is 0.0121. The highest BCUT2D eigenvalue weighted by molar-refractivity contribution is 7.92. The number of rotatable bonds is 10. The van der Waals surface area contributed by atoms with E-state index in [4.69, 9.17) is 11.6 Å². The Bertz CT molecular complexity index is 1400. The quantitative estimate of drug-likeness (QED) is 0.382. The van der Waals surface area contributed by atoms with Crippen LogP contribution in [0.2, 0.25) is 5.02 Å². The number of hydrogen-bond donors (Lipinski definition) is 1. The maximum absolute atomic E-state index is 14.9. The molecule has 10 heteroatoms. The smallest absolute Gasteiger partial charge is 0.264 e. The minimum atomic E-state index is -4.34. The first-order valence-electron chi connectivity index (χ1n) is 12.1. The highest BCUT2D eigenvalue weighted by Crippen LogP contribution is 2.27. The summed E-state index contributed by atoms with van der Waals surface area (Å²) >= 11 is 6.13. The number of anilines is 1. The molecule has 0 aliphatic rings. The Hall–Kier alpha value is -3.43. The predicted molar refractivity (Wildman–Crippen MR) is 147 cm³/mol. The van der Waals surface area contributed by atoms with Crippen molar-refractivity contribution in [1.82, 2.24) is 10.2 Å². The summed E-state index contributed by atoms with van der Waals surface area (Å²) in [6.45, 7) is 6.22. The number of nitrogens with one attached hydrogen (secondary N) is 1. The van der Waals surface area contributed by atoms with Crippen LogP contribution in [0.5, 0.6) is 0 Å². The molecule has 0 radical (unpaired) electrons. The van der Waals surface area contributed by atoms with E-state index < -0.39 is 40.2 Å². The van der Waals surface area contributed by atoms with Gasteiger partial charge in [0.1, 0.15) is 18.4 Å². The second kappa shape index (κ2) is 12.4. The predicted octanol–water partition coefficient (Wildman–Crippen LogP) is 4.92. The normalized spacial score (nSPS) is 12.2. The Morgan fingerprint density at radius 2 is 1.63 bits per heavy atom. The van der Waals surface area contributed by atoms with Crippen molar-refractivity contribution in [1.29, 1.82) is 0 Å². The Kier molecular flexibility index (Phi) is 9.51. The van der Waals surface area contributed by atoms with Crippen LogP contribution in [0.3, 0.4) is 0 Å². The molecule has 202 valence electrons. The van der Waals surface area contributed by atoms with Crippen LogP contribution in [0.1, 0.15) is 31.9 Å². The number of sulfonamides is 1. The zero-order valence-corrected chi connectivity index (χ0v) is 23.3. The van der Waals surface area contributed by atoms with Crippen molar-refractivity contribution in [2.45, 2.75) is 51.2 Å². The van der Waals surface area contributed by atoms with Crippen molar-refractivity contribution in [2.24, 2.45) is 0 Å². The Balaban J connectivity index is 2.05. The van der Waals surface area contributed by atoms with Gasteiger partial charge in [0.05, 0.1) is 10.6 Å². The van der Waals surface area contributed by atoms with Crippen LogP contribution in [-0.2, 0) is 26.2 Å². The average molecular weight is 560 g/mol. The van der Waals surface area contributed by atoms with E-state index in [0.29, 0.717) is 10.6 Å². The lowest BCUT2D eigenvalue weighted by atomic mass is 10.1. The molecule has 0 saturated carbocycles. The van der Waals surface area contributed by atoms with Crippen molar-refractivity contribution in [3.05, 3.63) is 94.8 Å². The van der Waals surface area contributed by atoms with E-state index in [9.17, 15) is 22.4 Å². The maximum Gasteiger partial charge on any atom is 0.264 e. The zero-order valence-electron chi connectivity index (χ0n) is 21.7. The van der Waals surface area contributed by atoms with Gasteiger partial charge in [-0.25, -0.2) is 12.8 Å². The lowest BCUT2D eigenvalue weighted by Crippen LogP contribution is -2.52. The summed E-state index contributed by atoms with van der Waals surface area (Å²) in [5, 5.41) is 3.23. The van der Waals surface area contributed by atoms with E-state index in [2.05, 4.69) is 5.32 Å². The molecule has 0 fully saturated rings. The Labute approximate surface area is 228 Å². The molecule has 7 nitrogen and oxygen atoms in total. The first kappa shape index (κ1) is 29.1. The third-order valence-electron chi connectivity index (χ3n) is 5.85. The topological polar surface area (TPSA) is 86.8 Å². The fraction of sp³-hybridized carbons (Fsp3) is 0.286. The van der Waals surface area contributed by atoms with Gasteiger partial charge in [-0.15, -0.1) is 0 Å². The standard InChI is InChI=1S/C28H31ClFN3O4S/c1-19(2)31-28(35)21(4)32(17-22-8-7-9-23(29)16-22)27(34)18-33(26-11-6-5-10-25(26)30)38(36,37)24-14-12-20(3)13-15-24/h5-16,19,21H,17-18H2,1-4H3,(H,31,35)/t21-/m0/s1. The number of aryl methyl sites for hydroxylation is 1. The summed E-state index contributed by atoms with van der Waals surface area (Å²) in [5.74, 6) is -1.90. The maximum atomic E-state index is 14.9. The summed E-state index contributed by atoms with van der Waals surface area (Å²) in [7, 11) is -4.34. The van der Waals surface area contributed by atoms with E-state index in [0.717, 1.165) is 15.9 Å². The summed E-state index contributed by atoms with van der Waals surface area (Å²) in [6, 6.07) is 17.1. The van der Waals surface area contributed by atoms with Crippen molar-refractivity contribution in [3.8, 4) is 0 Å². The molecule has 3 aromatic rings. The number of halogens is 2. The van der Waals surface area contributed by atoms with Crippen LogP contribution in [-0.4, -0.2) is 43.8 Å². The zero-order chi connectivity index (χ0) is 28.0. The number of benzene rings is 3. The minimum Gasteiger partial charge on any atom is -0.352 e. The molecule has 0 unspecified atom stereocenters. The van der Waals surface area contributed by atoms with Crippen molar-refractivity contribution in [2.75, 3.05) is 10.8 Å². The Morgan fingerprint density at radius 3 is 2.24 bits per heavy atom. The van der Waals surface area contributed by atoms with Gasteiger partial charge in [0.15, 0.2) is 0 Å². The molecule has 1 atom stereocenters. The summed E-state index contributed by atoms with van der Waals surface area (Å²) in [4.78, 5) is 27.8. The lowest BCUT2D eigenvalue weighted by molar-refractivity contribution is -0.139. The van der Waals surface area contributed by atoms with Gasteiger partial charge in [0.2, 0.25) is 11.8 Å². The van der Waals surface area contributed by atoms with Crippen LogP contribution < -0.4 is 9.62 Å². The van der Waals surface area contributed by atoms with Gasteiger partial charge in [-0.3, -0.25) is 13.9 Å². The summed E-state index contributed by atoms with van der Waals surface area (Å²) < 4.78 is 43.1. The van der Waals surface area contributed by atoms with Crippen LogP contribution in [0.4, 0.5) is 10.1 Å². The van der Waals surface area contributed by atoms with Crippen LogP contribution in [0.15, 0.2) is 77.7 Å². The Morgan fingerprint density at radius 1 is 0.974 bits per heavy atom. The fourth-order valence-electron chi connectivity index (χ4n) is 3.82. The van der Waals surface area contributed by atoms with Gasteiger partial charge >= 0.3 is 0 Å². The van der Waals surface area contributed by atoms with E-state index in [1.165, 1.54) is 35.2 Å². The van der Waals surface area contributed by atoms with Crippen molar-refractivity contribution in [3.63, 3.8) is 0 Å². The number of para-hydroxylation sites is 1. The molecule has 3 rings (SSSR count). The van der Waals surface area contributed by atoms with Gasteiger partial charge in [0, 0.05) is 17.6 Å². The molecule has 0 bridgehead atoms. The van der Waals surface area contributed by atoms with Gasteiger partial charge < -0.3 is 10.2 Å². The van der Waals surface area contributed by atoms with Gasteiger partial charge in [-0.1, -0.05) is 53.6 Å². The second-order valence-electron chi connectivity index (χ2n) is 9.27. The molecule has 0 spiro atoms. The molecule has 0 heterocycles. The van der Waals surface area contributed by atoms with Gasteiger partial charge in [-0.2, -0.15) is 0 Å². The van der Waals surface area contributed by atoms with E-state index in [1.807, 2.05) is 6.92 Å². The van der Waals surface area contributed by atoms with Crippen LogP contribution in [0.25, 0.3) is 0 Å². The molecular formula is C28H31ClFN3O4S. The third kappa shape index (κ3) is 7.11. The number of carbonyl (C=O) groups excluding carboxylic acids is 2. The number of amides is 2.